The number of carbonyl (C=O) groups excluding carboxylic acids is 1. The van der Waals surface area contributed by atoms with Gasteiger partial charge in [0.2, 0.25) is 5.91 Å². The normalized spacial score (nSPS) is 27.9. The lowest BCUT2D eigenvalue weighted by atomic mass is 9.85. The topological polar surface area (TPSA) is 20.3 Å². The fourth-order valence-corrected chi connectivity index (χ4v) is 2.71. The molecule has 1 fully saturated rings. The maximum Gasteiger partial charge on any atom is 0.235 e. The fourth-order valence-electron chi connectivity index (χ4n) is 2.53. The van der Waals surface area contributed by atoms with Crippen LogP contribution in [-0.4, -0.2) is 29.1 Å². The van der Waals surface area contributed by atoms with E-state index >= 15 is 0 Å². The minimum absolute atomic E-state index is 0.154. The Morgan fingerprint density at radius 2 is 1.88 bits per heavy atom. The average Bonchev–Trinajstić information content (AvgIpc) is 2.26. The van der Waals surface area contributed by atoms with Gasteiger partial charge in [-0.15, -0.1) is 0 Å². The predicted molar refractivity (Wildman–Crippen MR) is 71.8 cm³/mol. The Morgan fingerprint density at radius 3 is 2.38 bits per heavy atom. The first-order valence-electron chi connectivity index (χ1n) is 6.40. The highest BCUT2D eigenvalue weighted by Gasteiger charge is 2.31. The Morgan fingerprint density at radius 1 is 1.31 bits per heavy atom. The Labute approximate surface area is 105 Å². The van der Waals surface area contributed by atoms with Gasteiger partial charge in [0, 0.05) is 13.1 Å². The third-order valence-electron chi connectivity index (χ3n) is 3.80. The Kier molecular flexibility index (Phi) is 5.16. The molecule has 0 aliphatic heterocycles. The molecule has 1 amide bonds. The van der Waals surface area contributed by atoms with Gasteiger partial charge in [-0.3, -0.25) is 4.79 Å². The van der Waals surface area contributed by atoms with Gasteiger partial charge in [0.05, 0.1) is 5.25 Å². The minimum Gasteiger partial charge on any atom is -0.342 e. The molecule has 1 aliphatic rings. The molecule has 0 N–H and O–H groups in total. The van der Waals surface area contributed by atoms with Gasteiger partial charge in [-0.25, -0.2) is 0 Å². The number of nitrogens with zero attached hydrogens (tertiary/aromatic N) is 1. The van der Waals surface area contributed by atoms with Gasteiger partial charge in [-0.05, 0) is 24.7 Å². The van der Waals surface area contributed by atoms with Gasteiger partial charge in [0.1, 0.15) is 0 Å². The van der Waals surface area contributed by atoms with E-state index in [0.29, 0.717) is 17.9 Å². The van der Waals surface area contributed by atoms with Gasteiger partial charge >= 0.3 is 0 Å². The second-order valence-electron chi connectivity index (χ2n) is 5.47. The van der Waals surface area contributed by atoms with Gasteiger partial charge in [-0.2, -0.15) is 12.6 Å². The highest BCUT2D eigenvalue weighted by Crippen LogP contribution is 2.28. The Hall–Kier alpha value is -0.180. The van der Waals surface area contributed by atoms with Crippen molar-refractivity contribution >= 4 is 18.5 Å². The van der Waals surface area contributed by atoms with Crippen LogP contribution in [0, 0.1) is 11.8 Å². The molecule has 0 bridgehead atoms. The number of rotatable bonds is 3. The molecule has 1 saturated carbocycles. The summed E-state index contributed by atoms with van der Waals surface area (Å²) in [6.45, 7) is 6.36. The SMILES string of the molecule is CC(C)C(S)C(=O)N(C)C1CCCCC1C. The van der Waals surface area contributed by atoms with E-state index in [1.54, 1.807) is 0 Å². The van der Waals surface area contributed by atoms with Crippen molar-refractivity contribution in [1.29, 1.82) is 0 Å². The first-order chi connectivity index (χ1) is 7.45. The average molecular weight is 243 g/mol. The molecule has 94 valence electrons. The molecular weight excluding hydrogens is 218 g/mol. The zero-order valence-corrected chi connectivity index (χ0v) is 11.8. The van der Waals surface area contributed by atoms with Gasteiger partial charge in [0.25, 0.3) is 0 Å². The van der Waals surface area contributed by atoms with Crippen LogP contribution in [0.1, 0.15) is 46.5 Å². The van der Waals surface area contributed by atoms with Crippen LogP contribution in [0.3, 0.4) is 0 Å². The second kappa shape index (κ2) is 5.95. The molecule has 0 radical (unpaired) electrons. The Bertz CT molecular complexity index is 242. The lowest BCUT2D eigenvalue weighted by Crippen LogP contribution is -2.46. The van der Waals surface area contributed by atoms with Crippen LogP contribution in [0.25, 0.3) is 0 Å². The molecule has 0 aromatic rings. The summed E-state index contributed by atoms with van der Waals surface area (Å²) in [6.07, 6.45) is 4.98. The molecule has 3 atom stereocenters. The number of amides is 1. The lowest BCUT2D eigenvalue weighted by molar-refractivity contribution is -0.133. The molecule has 0 heterocycles. The molecule has 0 saturated heterocycles. The van der Waals surface area contributed by atoms with Crippen molar-refractivity contribution in [3.8, 4) is 0 Å². The monoisotopic (exact) mass is 243 g/mol. The van der Waals surface area contributed by atoms with E-state index < -0.39 is 0 Å². The van der Waals surface area contributed by atoms with Crippen LogP contribution in [0.5, 0.6) is 0 Å². The summed E-state index contributed by atoms with van der Waals surface area (Å²) in [6, 6.07) is 0.426. The zero-order chi connectivity index (χ0) is 12.3. The number of hydrogen-bond donors (Lipinski definition) is 1. The molecule has 1 aliphatic carbocycles. The van der Waals surface area contributed by atoms with Crippen LogP contribution >= 0.6 is 12.6 Å². The van der Waals surface area contributed by atoms with Crippen LogP contribution in [0.4, 0.5) is 0 Å². The number of thiol groups is 1. The molecule has 3 unspecified atom stereocenters. The standard InChI is InChI=1S/C13H25NOS/c1-9(2)12(16)13(15)14(4)11-8-6-5-7-10(11)3/h9-12,16H,5-8H2,1-4H3. The largest absolute Gasteiger partial charge is 0.342 e. The predicted octanol–water partition coefficient (Wildman–Crippen LogP) is 2.98. The van der Waals surface area contributed by atoms with E-state index in [1.807, 2.05) is 25.8 Å². The number of carbonyl (C=O) groups is 1. The second-order valence-corrected chi connectivity index (χ2v) is 6.02. The summed E-state index contributed by atoms with van der Waals surface area (Å²) >= 11 is 4.42. The first kappa shape index (κ1) is 13.9. The zero-order valence-electron chi connectivity index (χ0n) is 10.9. The summed E-state index contributed by atoms with van der Waals surface area (Å²) in [5, 5.41) is -0.154. The van der Waals surface area contributed by atoms with Gasteiger partial charge in [0.15, 0.2) is 0 Å². The van der Waals surface area contributed by atoms with E-state index in [9.17, 15) is 4.79 Å². The summed E-state index contributed by atoms with van der Waals surface area (Å²) in [5.74, 6) is 1.13. The van der Waals surface area contributed by atoms with Crippen LogP contribution in [-0.2, 0) is 4.79 Å². The highest BCUT2D eigenvalue weighted by molar-refractivity contribution is 7.81. The fraction of sp³-hybridized carbons (Fsp3) is 0.923. The molecule has 0 aromatic carbocycles. The summed E-state index contributed by atoms with van der Waals surface area (Å²) in [4.78, 5) is 14.1. The number of hydrogen-bond acceptors (Lipinski definition) is 2. The van der Waals surface area contributed by atoms with Crippen molar-refractivity contribution in [3.63, 3.8) is 0 Å². The highest BCUT2D eigenvalue weighted by atomic mass is 32.1. The smallest absolute Gasteiger partial charge is 0.235 e. The van der Waals surface area contributed by atoms with Crippen LogP contribution in [0.2, 0.25) is 0 Å². The van der Waals surface area contributed by atoms with Crippen molar-refractivity contribution in [1.82, 2.24) is 4.90 Å². The molecule has 0 aromatic heterocycles. The maximum absolute atomic E-state index is 12.2. The van der Waals surface area contributed by atoms with Crippen LogP contribution in [0.15, 0.2) is 0 Å². The minimum atomic E-state index is -0.154. The lowest BCUT2D eigenvalue weighted by Gasteiger charge is -2.37. The first-order valence-corrected chi connectivity index (χ1v) is 6.91. The molecule has 3 heteroatoms. The summed E-state index contributed by atoms with van der Waals surface area (Å²) in [5.41, 5.74) is 0. The van der Waals surface area contributed by atoms with E-state index in [-0.39, 0.29) is 11.2 Å². The third kappa shape index (κ3) is 3.16. The summed E-state index contributed by atoms with van der Waals surface area (Å²) < 4.78 is 0. The van der Waals surface area contributed by atoms with Crippen molar-refractivity contribution in [2.24, 2.45) is 11.8 Å². The molecule has 1 rings (SSSR count). The van der Waals surface area contributed by atoms with E-state index in [1.165, 1.54) is 19.3 Å². The Balaban J connectivity index is 2.61. The molecule has 0 spiro atoms. The van der Waals surface area contributed by atoms with Crippen molar-refractivity contribution in [2.45, 2.75) is 57.7 Å². The van der Waals surface area contributed by atoms with Gasteiger partial charge < -0.3 is 4.90 Å². The van der Waals surface area contributed by atoms with Crippen molar-refractivity contribution < 1.29 is 4.79 Å². The maximum atomic E-state index is 12.2. The van der Waals surface area contributed by atoms with Gasteiger partial charge in [-0.1, -0.05) is 33.6 Å². The third-order valence-corrected chi connectivity index (χ3v) is 4.61. The van der Waals surface area contributed by atoms with Crippen LogP contribution < -0.4 is 0 Å². The molecule has 2 nitrogen and oxygen atoms in total. The van der Waals surface area contributed by atoms with E-state index in [2.05, 4.69) is 19.6 Å². The molecular formula is C13H25NOS. The van der Waals surface area contributed by atoms with E-state index in [4.69, 9.17) is 0 Å². The molecule has 16 heavy (non-hydrogen) atoms. The van der Waals surface area contributed by atoms with E-state index in [0.717, 1.165) is 6.42 Å². The van der Waals surface area contributed by atoms with Crippen molar-refractivity contribution in [2.75, 3.05) is 7.05 Å². The summed E-state index contributed by atoms with van der Waals surface area (Å²) in [7, 11) is 1.94. The quantitative estimate of drug-likeness (QED) is 0.756. The van der Waals surface area contributed by atoms with Crippen molar-refractivity contribution in [3.05, 3.63) is 0 Å².